The summed E-state index contributed by atoms with van der Waals surface area (Å²) in [6.07, 6.45) is 9.72. The van der Waals surface area contributed by atoms with Gasteiger partial charge in [-0.05, 0) is 128 Å². The molecule has 357 valence electrons. The van der Waals surface area contributed by atoms with Crippen LogP contribution in [0.25, 0.3) is 22.0 Å². The van der Waals surface area contributed by atoms with Crippen LogP contribution in [0.5, 0.6) is 5.75 Å². The van der Waals surface area contributed by atoms with Crippen LogP contribution in [0.15, 0.2) is 74.5 Å². The standard InChI is InChI=1S/C50H59BrN10O6P/c1-4-33-28-39(55-49-52-30-36(51)47(57-49)54-38-11-10-37-35(9-7-31(2)53-37)46(38)68(65)25-5-6-26-68)43(66-3)29-42(33)60-19-16-34(17-20-60)59-23-21-58(22-24-59)18-15-32-8-12-40-44(27-32)67-50(64)61(40)41-13-14-45(62)56-48(41)63/h7-12,27-30,34,41,65H,4-6,13-26H2,1-3H3,(H,56,62,63)(H2,52,54,55,57). The second kappa shape index (κ2) is 19.5. The van der Waals surface area contributed by atoms with Gasteiger partial charge in [0.1, 0.15) is 17.6 Å². The predicted molar refractivity (Wildman–Crippen MR) is 272 cm³/mol. The molecule has 4 N–H and O–H groups in total. The van der Waals surface area contributed by atoms with E-state index in [9.17, 15) is 19.3 Å². The summed E-state index contributed by atoms with van der Waals surface area (Å²) in [5.74, 6) is 0.377. The SMILES string of the molecule is CCc1cc(Nc2ncc(Br)c(Nc3ccc4nc(C)ccc4c3[P]3(O)CCCC3)n2)c(OC)cc1N1CCC(N2CCN(CCc3ccc4c(c3)oc(=O)n4C3CCC(=O)NC3=O)CC2)CC1. The Balaban J connectivity index is 0.754. The second-order valence-corrected chi connectivity index (χ2v) is 22.6. The summed E-state index contributed by atoms with van der Waals surface area (Å²) in [5, 5.41) is 11.3. The van der Waals surface area contributed by atoms with Crippen LogP contribution in [0.4, 0.5) is 28.8 Å². The number of amides is 2. The van der Waals surface area contributed by atoms with Crippen molar-refractivity contribution in [3.63, 3.8) is 0 Å². The zero-order chi connectivity index (χ0) is 47.1. The molecule has 3 aromatic heterocycles. The van der Waals surface area contributed by atoms with Gasteiger partial charge in [-0.3, -0.25) is 29.4 Å². The van der Waals surface area contributed by atoms with Crippen molar-refractivity contribution in [1.82, 2.24) is 34.6 Å². The summed E-state index contributed by atoms with van der Waals surface area (Å²) < 4.78 is 13.7. The van der Waals surface area contributed by atoms with Crippen LogP contribution in [-0.4, -0.2) is 117 Å². The number of methoxy groups -OCH3 is 1. The topological polar surface area (TPSA) is 183 Å². The van der Waals surface area contributed by atoms with Crippen molar-refractivity contribution in [3.8, 4) is 5.75 Å². The molecule has 1 radical (unpaired) electrons. The number of carbonyl (C=O) groups excluding carboxylic acids is 2. The Morgan fingerprint density at radius 3 is 2.47 bits per heavy atom. The fraction of sp³-hybridized carbons (Fsp3) is 0.440. The number of carbonyl (C=O) groups is 2. The van der Waals surface area contributed by atoms with Crippen molar-refractivity contribution >= 4 is 91.4 Å². The molecular formula is C50H59BrN10O6P. The average molecular weight is 1010 g/mol. The summed E-state index contributed by atoms with van der Waals surface area (Å²) >= 11 is 3.68. The molecule has 0 aliphatic carbocycles. The molecule has 0 saturated carbocycles. The number of hydrogen-bond acceptors (Lipinski definition) is 14. The van der Waals surface area contributed by atoms with Gasteiger partial charge < -0.3 is 34.5 Å². The van der Waals surface area contributed by atoms with E-state index < -0.39 is 25.2 Å². The Bertz CT molecular complexity index is 2940. The quantitative estimate of drug-likeness (QED) is 0.0673. The van der Waals surface area contributed by atoms with Crippen LogP contribution in [0.3, 0.4) is 0 Å². The minimum atomic E-state index is -2.38. The highest BCUT2D eigenvalue weighted by Crippen LogP contribution is 2.61. The van der Waals surface area contributed by atoms with E-state index in [0.29, 0.717) is 33.4 Å². The summed E-state index contributed by atoms with van der Waals surface area (Å²) in [6.45, 7) is 11.1. The van der Waals surface area contributed by atoms with E-state index in [-0.39, 0.29) is 18.7 Å². The number of piperidine rings is 2. The number of aromatic nitrogens is 4. The first-order valence-electron chi connectivity index (χ1n) is 23.9. The number of nitrogens with zero attached hydrogens (tertiary/aromatic N) is 7. The number of benzene rings is 3. The molecule has 18 heteroatoms. The highest BCUT2D eigenvalue weighted by Gasteiger charge is 2.36. The number of pyridine rings is 1. The van der Waals surface area contributed by atoms with Gasteiger partial charge in [0.05, 0.1) is 34.0 Å². The Labute approximate surface area is 404 Å². The molecule has 4 aliphatic heterocycles. The molecule has 1 atom stereocenters. The molecule has 2 amide bonds. The monoisotopic (exact) mass is 1010 g/mol. The van der Waals surface area contributed by atoms with Crippen molar-refractivity contribution in [1.29, 1.82) is 0 Å². The van der Waals surface area contributed by atoms with Crippen LogP contribution in [0.2, 0.25) is 0 Å². The van der Waals surface area contributed by atoms with E-state index in [0.717, 1.165) is 141 Å². The van der Waals surface area contributed by atoms with Crippen molar-refractivity contribution < 1.29 is 23.6 Å². The minimum Gasteiger partial charge on any atom is -0.494 e. The van der Waals surface area contributed by atoms with Gasteiger partial charge in [-0.15, -0.1) is 0 Å². The van der Waals surface area contributed by atoms with Gasteiger partial charge in [0.2, 0.25) is 17.8 Å². The molecule has 10 rings (SSSR count). The molecule has 0 bridgehead atoms. The maximum absolute atomic E-state index is 12.8. The normalized spacial score (nSPS) is 19.5. The first-order valence-corrected chi connectivity index (χ1v) is 26.8. The van der Waals surface area contributed by atoms with E-state index in [2.05, 4.69) is 76.7 Å². The zero-order valence-corrected chi connectivity index (χ0v) is 41.4. The van der Waals surface area contributed by atoms with Gasteiger partial charge in [0.25, 0.3) is 0 Å². The smallest absolute Gasteiger partial charge is 0.420 e. The molecule has 4 saturated heterocycles. The lowest BCUT2D eigenvalue weighted by atomic mass is 9.99. The van der Waals surface area contributed by atoms with E-state index in [4.69, 9.17) is 19.1 Å². The molecule has 7 heterocycles. The highest BCUT2D eigenvalue weighted by atomic mass is 79.9. The Kier molecular flexibility index (Phi) is 13.3. The number of nitrogens with one attached hydrogen (secondary N) is 3. The molecule has 4 fully saturated rings. The lowest BCUT2D eigenvalue weighted by molar-refractivity contribution is -0.135. The van der Waals surface area contributed by atoms with Crippen molar-refractivity contribution in [2.75, 3.05) is 80.8 Å². The zero-order valence-electron chi connectivity index (χ0n) is 38.9. The fourth-order valence-electron chi connectivity index (χ4n) is 10.7. The number of anilines is 5. The Hall–Kier alpha value is -5.45. The lowest BCUT2D eigenvalue weighted by Crippen LogP contribution is -2.53. The Morgan fingerprint density at radius 2 is 1.72 bits per heavy atom. The van der Waals surface area contributed by atoms with Gasteiger partial charge in [-0.25, -0.2) is 9.78 Å². The third-order valence-electron chi connectivity index (χ3n) is 14.4. The van der Waals surface area contributed by atoms with Crippen molar-refractivity contribution in [2.24, 2.45) is 0 Å². The lowest BCUT2D eigenvalue weighted by Gasteiger charge is -2.43. The summed E-state index contributed by atoms with van der Waals surface area (Å²) in [7, 11) is -0.684. The van der Waals surface area contributed by atoms with E-state index in [1.54, 1.807) is 13.3 Å². The first kappa shape index (κ1) is 46.3. The second-order valence-electron chi connectivity index (χ2n) is 18.6. The van der Waals surface area contributed by atoms with Crippen LogP contribution < -0.4 is 36.6 Å². The Morgan fingerprint density at radius 1 is 0.926 bits per heavy atom. The van der Waals surface area contributed by atoms with Gasteiger partial charge in [0.15, 0.2) is 5.58 Å². The van der Waals surface area contributed by atoms with E-state index in [1.165, 1.54) is 15.8 Å². The van der Waals surface area contributed by atoms with Crippen molar-refractivity contribution in [3.05, 3.63) is 92.6 Å². The molecule has 4 aliphatic rings. The molecule has 16 nitrogen and oxygen atoms in total. The number of ether oxygens (including phenoxy) is 1. The number of hydrogen-bond donors (Lipinski definition) is 4. The van der Waals surface area contributed by atoms with E-state index in [1.807, 2.05) is 43.3 Å². The largest absolute Gasteiger partial charge is 0.494 e. The molecule has 0 spiro atoms. The highest BCUT2D eigenvalue weighted by molar-refractivity contribution is 9.10. The number of oxazole rings is 1. The van der Waals surface area contributed by atoms with Gasteiger partial charge >= 0.3 is 5.76 Å². The van der Waals surface area contributed by atoms with Crippen molar-refractivity contribution in [2.45, 2.75) is 77.3 Å². The third-order valence-corrected chi connectivity index (χ3v) is 18.4. The minimum absolute atomic E-state index is 0.192. The summed E-state index contributed by atoms with van der Waals surface area (Å²) in [5.41, 5.74) is 8.01. The van der Waals surface area contributed by atoms with Gasteiger partial charge in [0, 0.05) is 100 Å². The molecule has 1 unspecified atom stereocenters. The predicted octanol–water partition coefficient (Wildman–Crippen LogP) is 7.21. The third kappa shape index (κ3) is 9.35. The summed E-state index contributed by atoms with van der Waals surface area (Å²) in [6, 6.07) is 18.0. The van der Waals surface area contributed by atoms with Crippen LogP contribution in [0, 0.1) is 6.92 Å². The molecule has 6 aromatic rings. The van der Waals surface area contributed by atoms with Crippen LogP contribution >= 0.6 is 23.4 Å². The number of halogens is 1. The number of aryl methyl sites for hydroxylation is 2. The number of imide groups is 1. The van der Waals surface area contributed by atoms with E-state index >= 15 is 0 Å². The fourth-order valence-corrected chi connectivity index (χ4v) is 14.4. The first-order chi connectivity index (χ1) is 33.0. The molecular weight excluding hydrogens is 947 g/mol. The summed E-state index contributed by atoms with van der Waals surface area (Å²) in [4.78, 5) is 71.0. The molecule has 68 heavy (non-hydrogen) atoms. The van der Waals surface area contributed by atoms with Crippen LogP contribution in [-0.2, 0) is 22.4 Å². The van der Waals surface area contributed by atoms with Crippen LogP contribution in [0.1, 0.15) is 68.3 Å². The average Bonchev–Trinajstić information content (AvgIpc) is 3.93. The molecule has 3 aromatic carbocycles. The van der Waals surface area contributed by atoms with Gasteiger partial charge in [-0.2, -0.15) is 4.98 Å². The maximum atomic E-state index is 12.8. The maximum Gasteiger partial charge on any atom is 0.420 e. The number of piperazine rings is 1. The van der Waals surface area contributed by atoms with Gasteiger partial charge in [-0.1, -0.05) is 19.1 Å². The number of fused-ring (bicyclic) bond motifs is 2. The number of rotatable bonds is 13.